The second-order valence-corrected chi connectivity index (χ2v) is 4.45. The SMILES string of the molecule is COc1ncnc2c1[nH]c(=S)n2-c1c(F)cc(F)cc1F. The Hall–Kier alpha value is -2.42. The van der Waals surface area contributed by atoms with Gasteiger partial charge in [-0.05, 0) is 12.2 Å². The molecule has 0 radical (unpaired) electrons. The van der Waals surface area contributed by atoms with Crippen LogP contribution >= 0.6 is 12.2 Å². The molecule has 1 aromatic carbocycles. The monoisotopic (exact) mass is 312 g/mol. The van der Waals surface area contributed by atoms with Crippen molar-refractivity contribution in [1.29, 1.82) is 0 Å². The first kappa shape index (κ1) is 13.6. The number of hydrogen-bond donors (Lipinski definition) is 1. The Kier molecular flexibility index (Phi) is 3.13. The molecule has 0 bridgehead atoms. The highest BCUT2D eigenvalue weighted by Gasteiger charge is 2.19. The molecular weight excluding hydrogens is 305 g/mol. The summed E-state index contributed by atoms with van der Waals surface area (Å²) < 4.78 is 46.9. The van der Waals surface area contributed by atoms with Crippen molar-refractivity contribution in [3.8, 4) is 11.6 Å². The van der Waals surface area contributed by atoms with Gasteiger partial charge >= 0.3 is 0 Å². The van der Waals surface area contributed by atoms with E-state index < -0.39 is 23.1 Å². The van der Waals surface area contributed by atoms with Crippen LogP contribution in [0.3, 0.4) is 0 Å². The number of fused-ring (bicyclic) bond motifs is 1. The number of H-pyrrole nitrogens is 1. The number of rotatable bonds is 2. The van der Waals surface area contributed by atoms with Gasteiger partial charge in [-0.15, -0.1) is 0 Å². The molecule has 0 unspecified atom stereocenters. The number of halogens is 3. The van der Waals surface area contributed by atoms with Gasteiger partial charge in [-0.2, -0.15) is 4.98 Å². The second kappa shape index (κ2) is 4.85. The van der Waals surface area contributed by atoms with Crippen molar-refractivity contribution in [2.24, 2.45) is 0 Å². The molecule has 2 heterocycles. The molecule has 21 heavy (non-hydrogen) atoms. The number of ether oxygens (including phenoxy) is 1. The van der Waals surface area contributed by atoms with Gasteiger partial charge in [-0.1, -0.05) is 0 Å². The predicted octanol–water partition coefficient (Wildman–Crippen LogP) is 2.90. The molecule has 0 aliphatic rings. The Bertz CT molecular complexity index is 882. The first-order valence-corrected chi connectivity index (χ1v) is 6.08. The summed E-state index contributed by atoms with van der Waals surface area (Å²) in [4.78, 5) is 10.5. The summed E-state index contributed by atoms with van der Waals surface area (Å²) in [6.07, 6.45) is 1.17. The van der Waals surface area contributed by atoms with E-state index in [9.17, 15) is 13.2 Å². The third-order valence-electron chi connectivity index (χ3n) is 2.84. The van der Waals surface area contributed by atoms with Gasteiger partial charge in [0.1, 0.15) is 23.3 Å². The molecular formula is C12H7F3N4OS. The smallest absolute Gasteiger partial charge is 0.242 e. The van der Waals surface area contributed by atoms with Gasteiger partial charge in [0, 0.05) is 12.1 Å². The molecule has 0 aliphatic carbocycles. The van der Waals surface area contributed by atoms with Crippen molar-refractivity contribution in [2.75, 3.05) is 7.11 Å². The molecule has 0 saturated carbocycles. The van der Waals surface area contributed by atoms with Gasteiger partial charge in [0.2, 0.25) is 5.88 Å². The first-order valence-electron chi connectivity index (χ1n) is 5.67. The van der Waals surface area contributed by atoms with Crippen molar-refractivity contribution >= 4 is 23.4 Å². The predicted molar refractivity (Wildman–Crippen MR) is 70.5 cm³/mol. The lowest BCUT2D eigenvalue weighted by molar-refractivity contribution is 0.401. The number of aromatic amines is 1. The molecule has 0 atom stereocenters. The van der Waals surface area contributed by atoms with Gasteiger partial charge in [0.05, 0.1) is 7.11 Å². The topological polar surface area (TPSA) is 55.7 Å². The van der Waals surface area contributed by atoms with E-state index in [0.29, 0.717) is 12.1 Å². The lowest BCUT2D eigenvalue weighted by Gasteiger charge is -2.07. The van der Waals surface area contributed by atoms with Gasteiger partial charge in [0.25, 0.3) is 0 Å². The van der Waals surface area contributed by atoms with Crippen LogP contribution in [0.2, 0.25) is 0 Å². The molecule has 0 aliphatic heterocycles. The van der Waals surface area contributed by atoms with Crippen LogP contribution in [0, 0.1) is 22.2 Å². The van der Waals surface area contributed by atoms with E-state index in [1.165, 1.54) is 13.4 Å². The Morgan fingerprint density at radius 2 is 1.86 bits per heavy atom. The zero-order chi connectivity index (χ0) is 15.1. The van der Waals surface area contributed by atoms with Crippen molar-refractivity contribution in [3.63, 3.8) is 0 Å². The highest BCUT2D eigenvalue weighted by Crippen LogP contribution is 2.26. The summed E-state index contributed by atoms with van der Waals surface area (Å²) in [5.74, 6) is -3.04. The quantitative estimate of drug-likeness (QED) is 0.739. The average Bonchev–Trinajstić information content (AvgIpc) is 2.74. The van der Waals surface area contributed by atoms with Crippen molar-refractivity contribution in [1.82, 2.24) is 19.5 Å². The van der Waals surface area contributed by atoms with Gasteiger partial charge < -0.3 is 9.72 Å². The van der Waals surface area contributed by atoms with E-state index in [0.717, 1.165) is 4.57 Å². The second-order valence-electron chi connectivity index (χ2n) is 4.07. The van der Waals surface area contributed by atoms with Crippen LogP contribution in [0.25, 0.3) is 16.9 Å². The van der Waals surface area contributed by atoms with Crippen LogP contribution in [0.5, 0.6) is 5.88 Å². The normalized spacial score (nSPS) is 11.0. The number of nitrogens with zero attached hydrogens (tertiary/aromatic N) is 3. The van der Waals surface area contributed by atoms with Crippen LogP contribution in [0.1, 0.15) is 0 Å². The lowest BCUT2D eigenvalue weighted by Crippen LogP contribution is -2.04. The van der Waals surface area contributed by atoms with E-state index in [4.69, 9.17) is 17.0 Å². The minimum Gasteiger partial charge on any atom is -0.479 e. The summed E-state index contributed by atoms with van der Waals surface area (Å²) in [5, 5.41) is 0. The van der Waals surface area contributed by atoms with Crippen LogP contribution < -0.4 is 4.74 Å². The van der Waals surface area contributed by atoms with E-state index in [2.05, 4.69) is 15.0 Å². The van der Waals surface area contributed by atoms with Crippen molar-refractivity contribution in [3.05, 3.63) is 40.7 Å². The number of hydrogen-bond acceptors (Lipinski definition) is 4. The van der Waals surface area contributed by atoms with Crippen molar-refractivity contribution in [2.45, 2.75) is 0 Å². The summed E-state index contributed by atoms with van der Waals surface area (Å²) in [6.45, 7) is 0. The van der Waals surface area contributed by atoms with E-state index >= 15 is 0 Å². The number of benzene rings is 1. The zero-order valence-electron chi connectivity index (χ0n) is 10.5. The largest absolute Gasteiger partial charge is 0.479 e. The summed E-state index contributed by atoms with van der Waals surface area (Å²) in [7, 11) is 1.38. The van der Waals surface area contributed by atoms with Gasteiger partial charge in [-0.25, -0.2) is 18.2 Å². The Balaban J connectivity index is 2.42. The van der Waals surface area contributed by atoms with Gasteiger partial charge in [0.15, 0.2) is 22.1 Å². The maximum Gasteiger partial charge on any atom is 0.242 e. The molecule has 3 aromatic rings. The summed E-state index contributed by atoms with van der Waals surface area (Å²) >= 11 is 5.05. The average molecular weight is 312 g/mol. The number of imidazole rings is 1. The fraction of sp³-hybridized carbons (Fsp3) is 0.0833. The Morgan fingerprint density at radius 3 is 2.48 bits per heavy atom. The van der Waals surface area contributed by atoms with Crippen molar-refractivity contribution < 1.29 is 17.9 Å². The fourth-order valence-electron chi connectivity index (χ4n) is 2.01. The Morgan fingerprint density at radius 1 is 1.19 bits per heavy atom. The molecule has 2 aromatic heterocycles. The number of nitrogens with one attached hydrogen (secondary N) is 1. The molecule has 108 valence electrons. The third-order valence-corrected chi connectivity index (χ3v) is 3.12. The minimum atomic E-state index is -1.10. The van der Waals surface area contributed by atoms with Gasteiger partial charge in [-0.3, -0.25) is 4.57 Å². The minimum absolute atomic E-state index is 0.0202. The molecule has 5 nitrogen and oxygen atoms in total. The maximum atomic E-state index is 13.9. The molecule has 0 amide bonds. The number of aromatic nitrogens is 4. The molecule has 9 heteroatoms. The zero-order valence-corrected chi connectivity index (χ0v) is 11.3. The molecule has 0 spiro atoms. The third kappa shape index (κ3) is 2.05. The first-order chi connectivity index (χ1) is 10.0. The van der Waals surface area contributed by atoms with E-state index in [-0.39, 0.29) is 21.8 Å². The highest BCUT2D eigenvalue weighted by molar-refractivity contribution is 7.71. The van der Waals surface area contributed by atoms with Crippen LogP contribution in [-0.4, -0.2) is 26.6 Å². The van der Waals surface area contributed by atoms with Crippen LogP contribution in [0.15, 0.2) is 18.5 Å². The van der Waals surface area contributed by atoms with E-state index in [1.54, 1.807) is 0 Å². The molecule has 1 N–H and O–H groups in total. The summed E-state index contributed by atoms with van der Waals surface area (Å²) in [6, 6.07) is 1.13. The molecule has 3 rings (SSSR count). The van der Waals surface area contributed by atoms with Crippen LogP contribution in [0.4, 0.5) is 13.2 Å². The number of methoxy groups -OCH3 is 1. The standard InChI is InChI=1S/C12H7F3N4OS/c1-20-11-8-10(16-4-17-11)19(12(21)18-8)9-6(14)2-5(13)3-7(9)15/h2-4H,1H3,(H,18,21). The molecule has 0 fully saturated rings. The molecule has 0 saturated heterocycles. The fourth-order valence-corrected chi connectivity index (χ4v) is 2.29. The highest BCUT2D eigenvalue weighted by atomic mass is 32.1. The summed E-state index contributed by atoms with van der Waals surface area (Å²) in [5.41, 5.74) is -0.113. The lowest BCUT2D eigenvalue weighted by atomic mass is 10.2. The van der Waals surface area contributed by atoms with Crippen LogP contribution in [-0.2, 0) is 0 Å². The van der Waals surface area contributed by atoms with E-state index in [1.807, 2.05) is 0 Å². The Labute approximate surface area is 121 Å². The maximum absolute atomic E-state index is 13.9.